The molecule has 0 saturated carbocycles. The van der Waals surface area contributed by atoms with Gasteiger partial charge in [0.15, 0.2) is 0 Å². The highest BCUT2D eigenvalue weighted by atomic mass is 15.2. The van der Waals surface area contributed by atoms with Crippen molar-refractivity contribution in [1.82, 2.24) is 0 Å². The second-order valence-corrected chi connectivity index (χ2v) is 18.0. The molecule has 3 aliphatic rings. The van der Waals surface area contributed by atoms with E-state index < -0.39 is 0 Å². The van der Waals surface area contributed by atoms with Crippen LogP contribution in [0, 0.1) is 0 Å². The van der Waals surface area contributed by atoms with Crippen molar-refractivity contribution in [3.05, 3.63) is 209 Å². The lowest BCUT2D eigenvalue weighted by Crippen LogP contribution is -2.15. The van der Waals surface area contributed by atoms with E-state index in [4.69, 9.17) is 0 Å². The number of nitrogens with zero attached hydrogens (tertiary/aromatic N) is 1. The molecule has 0 amide bonds. The Labute approximate surface area is 347 Å². The standard InChI is InChI=1S/C58H45N/c1-57(2)49-21-11-9-17-41(49)43-30-27-39(34-51(43)57)38-28-32-47-48(33-38)55(40-29-31-44-42-18-10-12-22-50(42)58(3,4)52(44)35-40)45-19-7-8-20-46(45)56(47)59-53-23-13-5-15-36(53)25-26-37-16-6-14-24-54(37)59/h5-24,27-35H,25-26H2,1-4H3. The average molecular weight is 756 g/mol. The first-order valence-electron chi connectivity index (χ1n) is 21.2. The molecule has 1 heterocycles. The molecule has 282 valence electrons. The third-order valence-corrected chi connectivity index (χ3v) is 14.1. The van der Waals surface area contributed by atoms with Crippen LogP contribution in [-0.2, 0) is 23.7 Å². The third kappa shape index (κ3) is 4.85. The molecule has 1 aliphatic heterocycles. The van der Waals surface area contributed by atoms with Gasteiger partial charge in [-0.05, 0) is 132 Å². The molecule has 0 saturated heterocycles. The number of anilines is 3. The molecule has 0 atom stereocenters. The summed E-state index contributed by atoms with van der Waals surface area (Å²) in [5.74, 6) is 0. The number of para-hydroxylation sites is 2. The van der Waals surface area contributed by atoms with Crippen molar-refractivity contribution < 1.29 is 0 Å². The zero-order valence-corrected chi connectivity index (χ0v) is 34.1. The second-order valence-electron chi connectivity index (χ2n) is 18.0. The van der Waals surface area contributed by atoms with Gasteiger partial charge in [0, 0.05) is 33.0 Å². The average Bonchev–Trinajstić information content (AvgIpc) is 3.55. The lowest BCUT2D eigenvalue weighted by Gasteiger charge is -2.31. The zero-order chi connectivity index (χ0) is 39.6. The van der Waals surface area contributed by atoms with E-state index in [1.165, 1.54) is 116 Å². The SMILES string of the molecule is CC1(C)c2ccccc2-c2ccc(-c3ccc4c(N5c6ccccc6CCc6ccccc65)c5ccccc5c(-c5ccc6c(c5)C(C)(C)c5ccccc5-6)c4c3)cc21. The minimum Gasteiger partial charge on any atom is -0.309 e. The summed E-state index contributed by atoms with van der Waals surface area (Å²) in [5.41, 5.74) is 22.4. The van der Waals surface area contributed by atoms with Gasteiger partial charge in [-0.2, -0.15) is 0 Å². The molecule has 0 spiro atoms. The van der Waals surface area contributed by atoms with Gasteiger partial charge in [-0.25, -0.2) is 0 Å². The molecule has 12 rings (SSSR count). The predicted octanol–water partition coefficient (Wildman–Crippen LogP) is 15.5. The lowest BCUT2D eigenvalue weighted by molar-refractivity contribution is 0.660. The third-order valence-electron chi connectivity index (χ3n) is 14.1. The molecule has 9 aromatic rings. The van der Waals surface area contributed by atoms with Crippen LogP contribution in [-0.4, -0.2) is 0 Å². The fourth-order valence-electron chi connectivity index (χ4n) is 11.2. The molecule has 0 bridgehead atoms. The summed E-state index contributed by atoms with van der Waals surface area (Å²) >= 11 is 0. The molecular formula is C58H45N. The fraction of sp³-hybridized carbons (Fsp3) is 0.138. The van der Waals surface area contributed by atoms with Gasteiger partial charge < -0.3 is 4.90 Å². The van der Waals surface area contributed by atoms with Gasteiger partial charge in [0.05, 0.1) is 5.69 Å². The molecule has 0 unspecified atom stereocenters. The summed E-state index contributed by atoms with van der Waals surface area (Å²) in [7, 11) is 0. The Kier molecular flexibility index (Phi) is 7.22. The van der Waals surface area contributed by atoms with Gasteiger partial charge in [0.2, 0.25) is 0 Å². The highest BCUT2D eigenvalue weighted by Gasteiger charge is 2.37. The van der Waals surface area contributed by atoms with Crippen LogP contribution in [0.5, 0.6) is 0 Å². The van der Waals surface area contributed by atoms with Crippen LogP contribution in [0.2, 0.25) is 0 Å². The number of benzene rings is 9. The van der Waals surface area contributed by atoms with E-state index >= 15 is 0 Å². The lowest BCUT2D eigenvalue weighted by atomic mass is 9.80. The summed E-state index contributed by atoms with van der Waals surface area (Å²) in [4.78, 5) is 2.59. The minimum absolute atomic E-state index is 0.0737. The van der Waals surface area contributed by atoms with E-state index in [2.05, 4.69) is 209 Å². The van der Waals surface area contributed by atoms with E-state index in [1.54, 1.807) is 0 Å². The Bertz CT molecular complexity index is 3180. The highest BCUT2D eigenvalue weighted by molar-refractivity contribution is 6.23. The number of aryl methyl sites for hydroxylation is 2. The smallest absolute Gasteiger partial charge is 0.0619 e. The Morgan fingerprint density at radius 3 is 1.42 bits per heavy atom. The van der Waals surface area contributed by atoms with Gasteiger partial charge in [-0.3, -0.25) is 0 Å². The highest BCUT2D eigenvalue weighted by Crippen LogP contribution is 2.55. The van der Waals surface area contributed by atoms with Crippen molar-refractivity contribution in [3.8, 4) is 44.5 Å². The maximum absolute atomic E-state index is 2.59. The molecule has 59 heavy (non-hydrogen) atoms. The molecule has 0 radical (unpaired) electrons. The van der Waals surface area contributed by atoms with Gasteiger partial charge >= 0.3 is 0 Å². The maximum atomic E-state index is 2.59. The van der Waals surface area contributed by atoms with E-state index in [9.17, 15) is 0 Å². The summed E-state index contributed by atoms with van der Waals surface area (Å²) in [6.45, 7) is 9.53. The first kappa shape index (κ1) is 34.4. The van der Waals surface area contributed by atoms with Crippen LogP contribution in [0.4, 0.5) is 17.1 Å². The first-order valence-corrected chi connectivity index (χ1v) is 21.2. The number of hydrogen-bond acceptors (Lipinski definition) is 1. The largest absolute Gasteiger partial charge is 0.309 e. The fourth-order valence-corrected chi connectivity index (χ4v) is 11.2. The van der Waals surface area contributed by atoms with Crippen LogP contribution >= 0.6 is 0 Å². The van der Waals surface area contributed by atoms with Crippen LogP contribution in [0.25, 0.3) is 66.1 Å². The number of hydrogen-bond donors (Lipinski definition) is 0. The summed E-state index contributed by atoms with van der Waals surface area (Å²) in [6, 6.07) is 66.9. The van der Waals surface area contributed by atoms with E-state index in [0.717, 1.165) is 12.8 Å². The Morgan fingerprint density at radius 1 is 0.356 bits per heavy atom. The molecule has 9 aromatic carbocycles. The topological polar surface area (TPSA) is 3.24 Å². The minimum atomic E-state index is -0.104. The van der Waals surface area contributed by atoms with Crippen LogP contribution < -0.4 is 4.90 Å². The predicted molar refractivity (Wildman–Crippen MR) is 250 cm³/mol. The Hall–Kier alpha value is -6.70. The van der Waals surface area contributed by atoms with E-state index in [0.29, 0.717) is 0 Å². The van der Waals surface area contributed by atoms with Gasteiger partial charge in [0.1, 0.15) is 0 Å². The van der Waals surface area contributed by atoms with Crippen LogP contribution in [0.15, 0.2) is 176 Å². The van der Waals surface area contributed by atoms with Crippen LogP contribution in [0.3, 0.4) is 0 Å². The second kappa shape index (κ2) is 12.4. The molecule has 0 N–H and O–H groups in total. The first-order chi connectivity index (χ1) is 28.8. The van der Waals surface area contributed by atoms with Crippen molar-refractivity contribution in [3.63, 3.8) is 0 Å². The molecule has 1 heteroatoms. The Morgan fingerprint density at radius 2 is 0.797 bits per heavy atom. The molecule has 0 aromatic heterocycles. The normalized spacial score (nSPS) is 15.2. The monoisotopic (exact) mass is 755 g/mol. The molecule has 0 fully saturated rings. The quantitative estimate of drug-likeness (QED) is 0.162. The molecule has 1 nitrogen and oxygen atoms in total. The summed E-state index contributed by atoms with van der Waals surface area (Å²) in [6.07, 6.45) is 2.02. The molecular weight excluding hydrogens is 711 g/mol. The Balaban J connectivity index is 1.16. The van der Waals surface area contributed by atoms with Crippen molar-refractivity contribution in [1.29, 1.82) is 0 Å². The number of fused-ring (bicyclic) bond motifs is 10. The maximum Gasteiger partial charge on any atom is 0.0619 e. The number of rotatable bonds is 3. The van der Waals surface area contributed by atoms with E-state index in [1.807, 2.05) is 0 Å². The molecule has 2 aliphatic carbocycles. The van der Waals surface area contributed by atoms with Crippen molar-refractivity contribution in [2.24, 2.45) is 0 Å². The van der Waals surface area contributed by atoms with E-state index in [-0.39, 0.29) is 10.8 Å². The van der Waals surface area contributed by atoms with Gasteiger partial charge in [0.25, 0.3) is 0 Å². The summed E-state index contributed by atoms with van der Waals surface area (Å²) in [5, 5.41) is 5.05. The van der Waals surface area contributed by atoms with Crippen molar-refractivity contribution in [2.45, 2.75) is 51.4 Å². The van der Waals surface area contributed by atoms with Gasteiger partial charge in [-0.1, -0.05) is 173 Å². The van der Waals surface area contributed by atoms with Crippen LogP contribution in [0.1, 0.15) is 61.1 Å². The summed E-state index contributed by atoms with van der Waals surface area (Å²) < 4.78 is 0. The van der Waals surface area contributed by atoms with Crippen molar-refractivity contribution in [2.75, 3.05) is 4.90 Å². The van der Waals surface area contributed by atoms with Crippen molar-refractivity contribution >= 4 is 38.6 Å². The zero-order valence-electron chi connectivity index (χ0n) is 34.1. The van der Waals surface area contributed by atoms with Gasteiger partial charge in [-0.15, -0.1) is 0 Å².